The van der Waals surface area contributed by atoms with E-state index in [4.69, 9.17) is 11.6 Å². The highest BCUT2D eigenvalue weighted by Crippen LogP contribution is 2.24. The van der Waals surface area contributed by atoms with E-state index in [1.807, 2.05) is 18.2 Å². The topological polar surface area (TPSA) is 68.5 Å². The summed E-state index contributed by atoms with van der Waals surface area (Å²) in [5.74, 6) is 0. The monoisotopic (exact) mass is 286 g/mol. The number of rotatable bonds is 4. The molecule has 0 unspecified atom stereocenters. The average molecular weight is 287 g/mol. The molecule has 0 aliphatic rings. The highest BCUT2D eigenvalue weighted by atomic mass is 35.5. The van der Waals surface area contributed by atoms with Crippen LogP contribution in [0.5, 0.6) is 0 Å². The summed E-state index contributed by atoms with van der Waals surface area (Å²) in [4.78, 5) is 12.2. The Labute approximate surface area is 120 Å². The van der Waals surface area contributed by atoms with Crippen molar-refractivity contribution in [3.8, 4) is 5.69 Å². The minimum atomic E-state index is 0.551. The maximum Gasteiger partial charge on any atom is 0.138 e. The quantitative estimate of drug-likeness (QED) is 0.797. The molecule has 0 spiro atoms. The number of nitrogens with one attached hydrogen (secondary N) is 1. The molecule has 1 N–H and O–H groups in total. The number of hydrogen-bond donors (Lipinski definition) is 1. The number of halogens is 1. The molecule has 0 amide bonds. The molecule has 0 atom stereocenters. The standard InChI is InChI=1S/C13H11ClN6/c14-10-1-2-13(20-9-16-8-19-20)12(5-10)18-7-11-6-15-3-4-17-11/h1-6,8-9,18H,7H2. The Morgan fingerprint density at radius 1 is 1.20 bits per heavy atom. The summed E-state index contributed by atoms with van der Waals surface area (Å²) in [5, 5.41) is 8.06. The fraction of sp³-hybridized carbons (Fsp3) is 0.0769. The van der Waals surface area contributed by atoms with E-state index in [-0.39, 0.29) is 0 Å². The first-order chi connectivity index (χ1) is 9.83. The smallest absolute Gasteiger partial charge is 0.138 e. The second kappa shape index (κ2) is 5.66. The molecule has 6 nitrogen and oxygen atoms in total. The van der Waals surface area contributed by atoms with Gasteiger partial charge in [0.2, 0.25) is 0 Å². The largest absolute Gasteiger partial charge is 0.378 e. The molecule has 100 valence electrons. The number of benzene rings is 1. The Balaban J connectivity index is 1.87. The van der Waals surface area contributed by atoms with Gasteiger partial charge in [0, 0.05) is 17.4 Å². The maximum absolute atomic E-state index is 6.05. The Bertz CT molecular complexity index is 683. The van der Waals surface area contributed by atoms with Crippen LogP contribution in [-0.4, -0.2) is 24.7 Å². The van der Waals surface area contributed by atoms with E-state index in [1.54, 1.807) is 29.6 Å². The Morgan fingerprint density at radius 2 is 2.15 bits per heavy atom. The summed E-state index contributed by atoms with van der Waals surface area (Å²) < 4.78 is 1.68. The van der Waals surface area contributed by atoms with Crippen molar-refractivity contribution in [1.82, 2.24) is 24.7 Å². The van der Waals surface area contributed by atoms with Crippen molar-refractivity contribution in [3.05, 3.63) is 60.2 Å². The first-order valence-corrected chi connectivity index (χ1v) is 6.34. The lowest BCUT2D eigenvalue weighted by Crippen LogP contribution is -2.06. The van der Waals surface area contributed by atoms with Crippen molar-refractivity contribution in [2.45, 2.75) is 6.54 Å². The van der Waals surface area contributed by atoms with E-state index < -0.39 is 0 Å². The molecule has 2 aromatic heterocycles. The van der Waals surface area contributed by atoms with E-state index in [0.29, 0.717) is 11.6 Å². The van der Waals surface area contributed by atoms with Crippen LogP contribution in [0.3, 0.4) is 0 Å². The van der Waals surface area contributed by atoms with Gasteiger partial charge in [-0.25, -0.2) is 9.67 Å². The SMILES string of the molecule is Clc1ccc(-n2cncn2)c(NCc2cnccn2)c1. The minimum Gasteiger partial charge on any atom is -0.378 e. The molecule has 2 heterocycles. The first kappa shape index (κ1) is 12.6. The van der Waals surface area contributed by atoms with Gasteiger partial charge in [-0.05, 0) is 18.2 Å². The normalized spacial score (nSPS) is 10.4. The molecule has 0 saturated carbocycles. The van der Waals surface area contributed by atoms with Gasteiger partial charge in [-0.3, -0.25) is 9.97 Å². The second-order valence-corrected chi connectivity index (χ2v) is 4.49. The van der Waals surface area contributed by atoms with Crippen LogP contribution >= 0.6 is 11.6 Å². The number of aromatic nitrogens is 5. The van der Waals surface area contributed by atoms with Gasteiger partial charge in [0.05, 0.1) is 29.8 Å². The van der Waals surface area contributed by atoms with E-state index >= 15 is 0 Å². The van der Waals surface area contributed by atoms with Crippen LogP contribution in [0, 0.1) is 0 Å². The van der Waals surface area contributed by atoms with E-state index in [2.05, 4.69) is 25.4 Å². The van der Waals surface area contributed by atoms with Crippen LogP contribution in [0.2, 0.25) is 5.02 Å². The lowest BCUT2D eigenvalue weighted by Gasteiger charge is -2.11. The molecule has 0 fully saturated rings. The first-order valence-electron chi connectivity index (χ1n) is 5.96. The molecule has 3 rings (SSSR count). The zero-order valence-corrected chi connectivity index (χ0v) is 11.2. The molecule has 0 bridgehead atoms. The van der Waals surface area contributed by atoms with Crippen molar-refractivity contribution < 1.29 is 0 Å². The fourth-order valence-electron chi connectivity index (χ4n) is 1.79. The van der Waals surface area contributed by atoms with Crippen LogP contribution in [0.4, 0.5) is 5.69 Å². The Hall–Kier alpha value is -2.47. The average Bonchev–Trinajstić information content (AvgIpc) is 3.00. The third-order valence-corrected chi connectivity index (χ3v) is 2.94. The van der Waals surface area contributed by atoms with Gasteiger partial charge in [0.15, 0.2) is 0 Å². The summed E-state index contributed by atoms with van der Waals surface area (Å²) in [7, 11) is 0. The van der Waals surface area contributed by atoms with Crippen LogP contribution in [0.25, 0.3) is 5.69 Å². The van der Waals surface area contributed by atoms with Gasteiger partial charge in [0.1, 0.15) is 12.7 Å². The third kappa shape index (κ3) is 2.75. The van der Waals surface area contributed by atoms with Crippen molar-refractivity contribution in [2.75, 3.05) is 5.32 Å². The van der Waals surface area contributed by atoms with Gasteiger partial charge in [-0.15, -0.1) is 0 Å². The highest BCUT2D eigenvalue weighted by Gasteiger charge is 2.06. The van der Waals surface area contributed by atoms with Gasteiger partial charge < -0.3 is 5.32 Å². The van der Waals surface area contributed by atoms with E-state index in [1.165, 1.54) is 6.33 Å². The van der Waals surface area contributed by atoms with E-state index in [9.17, 15) is 0 Å². The van der Waals surface area contributed by atoms with Crippen molar-refractivity contribution in [1.29, 1.82) is 0 Å². The Morgan fingerprint density at radius 3 is 2.90 bits per heavy atom. The second-order valence-electron chi connectivity index (χ2n) is 4.05. The minimum absolute atomic E-state index is 0.551. The lowest BCUT2D eigenvalue weighted by molar-refractivity contribution is 0.876. The molecule has 0 aliphatic carbocycles. The van der Waals surface area contributed by atoms with Gasteiger partial charge in [-0.2, -0.15) is 5.10 Å². The zero-order valence-electron chi connectivity index (χ0n) is 10.4. The zero-order chi connectivity index (χ0) is 13.8. The summed E-state index contributed by atoms with van der Waals surface area (Å²) in [5.41, 5.74) is 2.57. The molecule has 0 saturated heterocycles. The molecule has 0 aliphatic heterocycles. The summed E-state index contributed by atoms with van der Waals surface area (Å²) in [6, 6.07) is 5.54. The number of nitrogens with zero attached hydrogens (tertiary/aromatic N) is 5. The summed E-state index contributed by atoms with van der Waals surface area (Å²) in [6.07, 6.45) is 8.14. The van der Waals surface area contributed by atoms with Crippen molar-refractivity contribution in [2.24, 2.45) is 0 Å². The molecule has 3 aromatic rings. The molecular formula is C13H11ClN6. The van der Waals surface area contributed by atoms with Gasteiger partial charge in [-0.1, -0.05) is 11.6 Å². The predicted molar refractivity (Wildman–Crippen MR) is 75.7 cm³/mol. The molecule has 7 heteroatoms. The molecular weight excluding hydrogens is 276 g/mol. The maximum atomic E-state index is 6.05. The van der Waals surface area contributed by atoms with Crippen LogP contribution in [-0.2, 0) is 6.54 Å². The fourth-order valence-corrected chi connectivity index (χ4v) is 1.96. The van der Waals surface area contributed by atoms with Crippen molar-refractivity contribution >= 4 is 17.3 Å². The van der Waals surface area contributed by atoms with E-state index in [0.717, 1.165) is 17.1 Å². The number of anilines is 1. The number of hydrogen-bond acceptors (Lipinski definition) is 5. The van der Waals surface area contributed by atoms with Gasteiger partial charge in [0.25, 0.3) is 0 Å². The van der Waals surface area contributed by atoms with Crippen LogP contribution < -0.4 is 5.32 Å². The molecule has 1 aromatic carbocycles. The van der Waals surface area contributed by atoms with Crippen molar-refractivity contribution in [3.63, 3.8) is 0 Å². The van der Waals surface area contributed by atoms with Crippen LogP contribution in [0.1, 0.15) is 5.69 Å². The Kier molecular flexibility index (Phi) is 3.56. The predicted octanol–water partition coefficient (Wildman–Crippen LogP) is 2.32. The molecule has 0 radical (unpaired) electrons. The summed E-state index contributed by atoms with van der Waals surface area (Å²) >= 11 is 6.05. The molecule has 20 heavy (non-hydrogen) atoms. The van der Waals surface area contributed by atoms with Gasteiger partial charge >= 0.3 is 0 Å². The highest BCUT2D eigenvalue weighted by molar-refractivity contribution is 6.31. The third-order valence-electron chi connectivity index (χ3n) is 2.70. The summed E-state index contributed by atoms with van der Waals surface area (Å²) in [6.45, 7) is 0.551. The lowest BCUT2D eigenvalue weighted by atomic mass is 10.2. The van der Waals surface area contributed by atoms with Crippen LogP contribution in [0.15, 0.2) is 49.4 Å².